The summed E-state index contributed by atoms with van der Waals surface area (Å²) < 4.78 is 1.72. The third kappa shape index (κ3) is 2.50. The fourth-order valence-corrected chi connectivity index (χ4v) is 2.30. The summed E-state index contributed by atoms with van der Waals surface area (Å²) in [6.07, 6.45) is 1.81. The molecule has 21 heavy (non-hydrogen) atoms. The lowest BCUT2D eigenvalue weighted by Crippen LogP contribution is -2.06. The number of rotatable bonds is 3. The van der Waals surface area contributed by atoms with Crippen molar-refractivity contribution in [3.05, 3.63) is 83.2 Å². The second kappa shape index (κ2) is 5.37. The van der Waals surface area contributed by atoms with Gasteiger partial charge in [0.05, 0.1) is 5.69 Å². The molecule has 0 bridgehead atoms. The Morgan fingerprint density at radius 3 is 2.48 bits per heavy atom. The molecular weight excluding hydrogens is 260 g/mol. The Labute approximate surface area is 123 Å². The van der Waals surface area contributed by atoms with Crippen molar-refractivity contribution < 1.29 is 4.79 Å². The lowest BCUT2D eigenvalue weighted by atomic mass is 9.99. The maximum atomic E-state index is 12.6. The average Bonchev–Trinajstić information content (AvgIpc) is 3.00. The Bertz CT molecular complexity index is 788. The van der Waals surface area contributed by atoms with Crippen molar-refractivity contribution in [2.75, 3.05) is 0 Å². The van der Waals surface area contributed by atoms with Gasteiger partial charge >= 0.3 is 0 Å². The highest BCUT2D eigenvalue weighted by Gasteiger charge is 2.15. The van der Waals surface area contributed by atoms with Gasteiger partial charge in [0.2, 0.25) is 5.78 Å². The molecule has 3 heteroatoms. The molecule has 0 aliphatic rings. The zero-order chi connectivity index (χ0) is 14.8. The Kier molecular flexibility index (Phi) is 3.40. The first-order valence-electron chi connectivity index (χ1n) is 6.89. The van der Waals surface area contributed by atoms with Crippen molar-refractivity contribution in [1.29, 1.82) is 0 Å². The van der Waals surface area contributed by atoms with Crippen LogP contribution in [0.5, 0.6) is 0 Å². The molecule has 0 amide bonds. The van der Waals surface area contributed by atoms with Crippen LogP contribution < -0.4 is 0 Å². The number of hydrogen-bond acceptors (Lipinski definition) is 2. The van der Waals surface area contributed by atoms with Gasteiger partial charge in [-0.3, -0.25) is 4.79 Å². The zero-order valence-corrected chi connectivity index (χ0v) is 12.1. The Morgan fingerprint density at radius 2 is 1.71 bits per heavy atom. The van der Waals surface area contributed by atoms with Gasteiger partial charge in [0, 0.05) is 11.8 Å². The van der Waals surface area contributed by atoms with Crippen LogP contribution >= 0.6 is 0 Å². The first kappa shape index (κ1) is 13.3. The van der Waals surface area contributed by atoms with Gasteiger partial charge in [0.1, 0.15) is 5.69 Å². The van der Waals surface area contributed by atoms with E-state index < -0.39 is 0 Å². The molecule has 0 unspecified atom stereocenters. The number of ketones is 1. The van der Waals surface area contributed by atoms with Gasteiger partial charge in [-0.05, 0) is 43.2 Å². The molecule has 0 saturated heterocycles. The van der Waals surface area contributed by atoms with E-state index in [9.17, 15) is 4.79 Å². The van der Waals surface area contributed by atoms with Crippen molar-refractivity contribution in [3.63, 3.8) is 0 Å². The van der Waals surface area contributed by atoms with Gasteiger partial charge in [-0.1, -0.05) is 36.4 Å². The molecule has 1 aromatic heterocycles. The molecule has 0 atom stereocenters. The molecule has 0 radical (unpaired) electrons. The van der Waals surface area contributed by atoms with Crippen LogP contribution in [0.15, 0.2) is 60.8 Å². The maximum Gasteiger partial charge on any atom is 0.213 e. The van der Waals surface area contributed by atoms with E-state index in [4.69, 9.17) is 0 Å². The number of benzene rings is 2. The molecule has 2 aromatic carbocycles. The minimum Gasteiger partial charge on any atom is -0.287 e. The highest BCUT2D eigenvalue weighted by molar-refractivity contribution is 6.08. The van der Waals surface area contributed by atoms with Gasteiger partial charge in [0.15, 0.2) is 0 Å². The molecule has 3 nitrogen and oxygen atoms in total. The molecule has 3 aromatic rings. The summed E-state index contributed by atoms with van der Waals surface area (Å²) in [5, 5.41) is 4.39. The van der Waals surface area contributed by atoms with Gasteiger partial charge in [-0.25, -0.2) is 4.68 Å². The van der Waals surface area contributed by atoms with Gasteiger partial charge in [-0.15, -0.1) is 0 Å². The fourth-order valence-electron chi connectivity index (χ4n) is 2.30. The summed E-state index contributed by atoms with van der Waals surface area (Å²) in [7, 11) is 0. The van der Waals surface area contributed by atoms with E-state index in [0.29, 0.717) is 11.3 Å². The van der Waals surface area contributed by atoms with E-state index >= 15 is 0 Å². The third-order valence-electron chi connectivity index (χ3n) is 3.69. The third-order valence-corrected chi connectivity index (χ3v) is 3.69. The number of hydrogen-bond donors (Lipinski definition) is 0. The van der Waals surface area contributed by atoms with Crippen LogP contribution in [0.3, 0.4) is 0 Å². The Hall–Kier alpha value is -2.68. The number of carbonyl (C=O) groups excluding carboxylic acids is 1. The van der Waals surface area contributed by atoms with Gasteiger partial charge in [0.25, 0.3) is 0 Å². The molecule has 3 rings (SSSR count). The molecular formula is C18H16N2O. The monoisotopic (exact) mass is 276 g/mol. The number of nitrogens with zero attached hydrogens (tertiary/aromatic N) is 2. The molecule has 0 fully saturated rings. The minimum atomic E-state index is -0.0362. The summed E-state index contributed by atoms with van der Waals surface area (Å²) in [5.41, 5.74) is 4.25. The Balaban J connectivity index is 1.97. The molecule has 0 saturated carbocycles. The van der Waals surface area contributed by atoms with Crippen molar-refractivity contribution in [3.8, 4) is 5.69 Å². The highest BCUT2D eigenvalue weighted by Crippen LogP contribution is 2.17. The van der Waals surface area contributed by atoms with E-state index in [1.807, 2.05) is 68.6 Å². The quantitative estimate of drug-likeness (QED) is 0.683. The van der Waals surface area contributed by atoms with Crippen LogP contribution in [0.2, 0.25) is 0 Å². The smallest absolute Gasteiger partial charge is 0.213 e. The molecule has 0 aliphatic carbocycles. The molecule has 0 spiro atoms. The van der Waals surface area contributed by atoms with Crippen molar-refractivity contribution in [2.45, 2.75) is 13.8 Å². The summed E-state index contributed by atoms with van der Waals surface area (Å²) in [6, 6.07) is 17.3. The van der Waals surface area contributed by atoms with Crippen LogP contribution in [0, 0.1) is 13.8 Å². The second-order valence-corrected chi connectivity index (χ2v) is 5.06. The van der Waals surface area contributed by atoms with Gasteiger partial charge < -0.3 is 0 Å². The zero-order valence-electron chi connectivity index (χ0n) is 12.1. The van der Waals surface area contributed by atoms with Crippen molar-refractivity contribution in [1.82, 2.24) is 9.78 Å². The summed E-state index contributed by atoms with van der Waals surface area (Å²) in [6.45, 7) is 3.98. The Morgan fingerprint density at radius 1 is 0.952 bits per heavy atom. The first-order valence-corrected chi connectivity index (χ1v) is 6.89. The van der Waals surface area contributed by atoms with E-state index in [1.54, 1.807) is 10.7 Å². The van der Waals surface area contributed by atoms with Crippen molar-refractivity contribution in [2.24, 2.45) is 0 Å². The fraction of sp³-hybridized carbons (Fsp3) is 0.111. The topological polar surface area (TPSA) is 34.9 Å². The van der Waals surface area contributed by atoms with Crippen LogP contribution in [-0.2, 0) is 0 Å². The number of carbonyl (C=O) groups is 1. The second-order valence-electron chi connectivity index (χ2n) is 5.06. The number of aryl methyl sites for hydroxylation is 1. The molecule has 0 N–H and O–H groups in total. The summed E-state index contributed by atoms with van der Waals surface area (Å²) in [5.74, 6) is -0.0362. The normalized spacial score (nSPS) is 10.6. The largest absolute Gasteiger partial charge is 0.287 e. The van der Waals surface area contributed by atoms with E-state index in [2.05, 4.69) is 5.10 Å². The maximum absolute atomic E-state index is 12.6. The highest BCUT2D eigenvalue weighted by atomic mass is 16.1. The van der Waals surface area contributed by atoms with E-state index in [-0.39, 0.29) is 5.78 Å². The average molecular weight is 276 g/mol. The van der Waals surface area contributed by atoms with Crippen LogP contribution in [0.1, 0.15) is 27.2 Å². The number of aromatic nitrogens is 2. The SMILES string of the molecule is Cc1cccc(C(=O)c2ccn(-c3ccccc3)n2)c1C. The van der Waals surface area contributed by atoms with Crippen LogP contribution in [-0.4, -0.2) is 15.6 Å². The summed E-state index contributed by atoms with van der Waals surface area (Å²) in [4.78, 5) is 12.6. The van der Waals surface area contributed by atoms with Gasteiger partial charge in [-0.2, -0.15) is 5.10 Å². The van der Waals surface area contributed by atoms with Crippen LogP contribution in [0.25, 0.3) is 5.69 Å². The predicted octanol–water partition coefficient (Wildman–Crippen LogP) is 3.72. The summed E-state index contributed by atoms with van der Waals surface area (Å²) >= 11 is 0. The lowest BCUT2D eigenvalue weighted by Gasteiger charge is -2.06. The molecule has 1 heterocycles. The standard InChI is InChI=1S/C18H16N2O/c1-13-7-6-10-16(14(13)2)18(21)17-11-12-20(19-17)15-8-4-3-5-9-15/h3-12H,1-2H3. The molecule has 104 valence electrons. The van der Waals surface area contributed by atoms with Crippen LogP contribution in [0.4, 0.5) is 0 Å². The number of para-hydroxylation sites is 1. The van der Waals surface area contributed by atoms with E-state index in [0.717, 1.165) is 16.8 Å². The van der Waals surface area contributed by atoms with Crippen molar-refractivity contribution >= 4 is 5.78 Å². The first-order chi connectivity index (χ1) is 10.2. The predicted molar refractivity (Wildman–Crippen MR) is 82.9 cm³/mol. The van der Waals surface area contributed by atoms with E-state index in [1.165, 1.54) is 0 Å². The lowest BCUT2D eigenvalue weighted by molar-refractivity contribution is 0.103. The molecule has 0 aliphatic heterocycles. The minimum absolute atomic E-state index is 0.0362.